The lowest BCUT2D eigenvalue weighted by molar-refractivity contribution is 0.0280. The van der Waals surface area contributed by atoms with Crippen molar-refractivity contribution in [1.29, 1.82) is 0 Å². The number of esters is 1. The normalized spacial score (nSPS) is 12.0. The first kappa shape index (κ1) is 18.1. The molecule has 0 aliphatic heterocycles. The summed E-state index contributed by atoms with van der Waals surface area (Å²) in [5.74, 6) is 0.294. The van der Waals surface area contributed by atoms with E-state index in [4.69, 9.17) is 9.15 Å². The number of carbonyl (C=O) groups excluding carboxylic acids is 1. The third-order valence-electron chi connectivity index (χ3n) is 4.04. The third-order valence-corrected chi connectivity index (χ3v) is 4.89. The van der Waals surface area contributed by atoms with Crippen LogP contribution in [0, 0.1) is 0 Å². The van der Waals surface area contributed by atoms with E-state index in [1.54, 1.807) is 19.1 Å². The predicted molar refractivity (Wildman–Crippen MR) is 101 cm³/mol. The van der Waals surface area contributed by atoms with Crippen molar-refractivity contribution < 1.29 is 13.9 Å². The van der Waals surface area contributed by atoms with E-state index in [1.165, 1.54) is 11.3 Å². The van der Waals surface area contributed by atoms with E-state index in [1.807, 2.05) is 29.6 Å². The van der Waals surface area contributed by atoms with Crippen molar-refractivity contribution in [2.75, 3.05) is 18.0 Å². The van der Waals surface area contributed by atoms with Crippen LogP contribution in [0.15, 0.2) is 46.2 Å². The van der Waals surface area contributed by atoms with Gasteiger partial charge in [-0.1, -0.05) is 6.07 Å². The Morgan fingerprint density at radius 3 is 2.54 bits per heavy atom. The SMILES string of the molecule is CCN(CC)c1ccc(C(=O)OC(C)c2nnc(-c3cccs3)o2)cc1. The minimum Gasteiger partial charge on any atom is -0.449 e. The fourth-order valence-corrected chi connectivity index (χ4v) is 3.22. The molecule has 1 aromatic carbocycles. The molecule has 1 atom stereocenters. The van der Waals surface area contributed by atoms with Crippen LogP contribution in [0.5, 0.6) is 0 Å². The van der Waals surface area contributed by atoms with Gasteiger partial charge in [0.25, 0.3) is 11.8 Å². The zero-order valence-corrected chi connectivity index (χ0v) is 15.8. The summed E-state index contributed by atoms with van der Waals surface area (Å²) in [7, 11) is 0. The van der Waals surface area contributed by atoms with E-state index in [2.05, 4.69) is 28.9 Å². The molecule has 3 rings (SSSR count). The molecule has 0 bridgehead atoms. The van der Waals surface area contributed by atoms with Crippen LogP contribution in [0.1, 0.15) is 43.1 Å². The molecule has 6 nitrogen and oxygen atoms in total. The number of benzene rings is 1. The fraction of sp³-hybridized carbons (Fsp3) is 0.316. The Morgan fingerprint density at radius 1 is 1.19 bits per heavy atom. The molecule has 0 N–H and O–H groups in total. The van der Waals surface area contributed by atoms with Gasteiger partial charge < -0.3 is 14.1 Å². The maximum atomic E-state index is 12.4. The van der Waals surface area contributed by atoms with Crippen molar-refractivity contribution in [1.82, 2.24) is 10.2 Å². The summed E-state index contributed by atoms with van der Waals surface area (Å²) in [6.45, 7) is 7.75. The molecule has 26 heavy (non-hydrogen) atoms. The quantitative estimate of drug-likeness (QED) is 0.567. The van der Waals surface area contributed by atoms with Crippen LogP contribution in [-0.4, -0.2) is 29.3 Å². The van der Waals surface area contributed by atoms with Crippen LogP contribution in [0.25, 0.3) is 10.8 Å². The number of carbonyl (C=O) groups is 1. The second-order valence-corrected chi connectivity index (χ2v) is 6.64. The topological polar surface area (TPSA) is 68.5 Å². The van der Waals surface area contributed by atoms with Crippen LogP contribution in [0.3, 0.4) is 0 Å². The van der Waals surface area contributed by atoms with E-state index < -0.39 is 12.1 Å². The fourth-order valence-electron chi connectivity index (χ4n) is 2.57. The van der Waals surface area contributed by atoms with Gasteiger partial charge in [-0.25, -0.2) is 4.79 Å². The Balaban J connectivity index is 1.66. The number of hydrogen-bond donors (Lipinski definition) is 0. The van der Waals surface area contributed by atoms with Gasteiger partial charge >= 0.3 is 5.97 Å². The van der Waals surface area contributed by atoms with E-state index in [0.717, 1.165) is 23.7 Å². The average molecular weight is 371 g/mol. The highest BCUT2D eigenvalue weighted by Gasteiger charge is 2.20. The third kappa shape index (κ3) is 3.94. The predicted octanol–water partition coefficient (Wildman–Crippen LogP) is 4.56. The van der Waals surface area contributed by atoms with E-state index >= 15 is 0 Å². The van der Waals surface area contributed by atoms with E-state index in [-0.39, 0.29) is 5.89 Å². The highest BCUT2D eigenvalue weighted by molar-refractivity contribution is 7.13. The minimum absolute atomic E-state index is 0.279. The molecule has 0 amide bonds. The summed E-state index contributed by atoms with van der Waals surface area (Å²) in [6, 6.07) is 11.2. The maximum Gasteiger partial charge on any atom is 0.338 e. The standard InChI is InChI=1S/C19H21N3O3S/c1-4-22(5-2)15-10-8-14(9-11-15)19(23)24-13(3)17-20-21-18(25-17)16-7-6-12-26-16/h6-13H,4-5H2,1-3H3. The van der Waals surface area contributed by atoms with Crippen LogP contribution >= 0.6 is 11.3 Å². The van der Waals surface area contributed by atoms with Gasteiger partial charge in [0, 0.05) is 18.8 Å². The molecule has 2 aromatic heterocycles. The van der Waals surface area contributed by atoms with Gasteiger partial charge in [0.15, 0.2) is 6.10 Å². The Kier molecular flexibility index (Phi) is 5.68. The highest BCUT2D eigenvalue weighted by Crippen LogP contribution is 2.26. The number of nitrogens with zero attached hydrogens (tertiary/aromatic N) is 3. The zero-order valence-electron chi connectivity index (χ0n) is 15.0. The first-order valence-electron chi connectivity index (χ1n) is 8.55. The zero-order chi connectivity index (χ0) is 18.5. The van der Waals surface area contributed by atoms with Gasteiger partial charge in [-0.05, 0) is 56.5 Å². The Labute approximate surface area is 156 Å². The summed E-state index contributed by atoms with van der Waals surface area (Å²) in [4.78, 5) is 15.5. The van der Waals surface area contributed by atoms with Crippen molar-refractivity contribution in [2.45, 2.75) is 26.9 Å². The van der Waals surface area contributed by atoms with Crippen LogP contribution < -0.4 is 4.90 Å². The molecule has 0 aliphatic rings. The van der Waals surface area contributed by atoms with Crippen molar-refractivity contribution in [3.63, 3.8) is 0 Å². The summed E-state index contributed by atoms with van der Waals surface area (Å²) < 4.78 is 11.1. The number of ether oxygens (including phenoxy) is 1. The molecule has 136 valence electrons. The van der Waals surface area contributed by atoms with Crippen molar-refractivity contribution in [3.05, 3.63) is 53.2 Å². The number of anilines is 1. The van der Waals surface area contributed by atoms with Crippen molar-refractivity contribution >= 4 is 23.0 Å². The lowest BCUT2D eigenvalue weighted by Crippen LogP contribution is -2.21. The van der Waals surface area contributed by atoms with Crippen LogP contribution in [0.2, 0.25) is 0 Å². The van der Waals surface area contributed by atoms with Crippen LogP contribution in [0.4, 0.5) is 5.69 Å². The molecule has 0 radical (unpaired) electrons. The number of hydrogen-bond acceptors (Lipinski definition) is 7. The molecule has 0 spiro atoms. The van der Waals surface area contributed by atoms with Crippen LogP contribution in [-0.2, 0) is 4.74 Å². The summed E-state index contributed by atoms with van der Waals surface area (Å²) in [5.41, 5.74) is 1.57. The second kappa shape index (κ2) is 8.14. The monoisotopic (exact) mass is 371 g/mol. The second-order valence-electron chi connectivity index (χ2n) is 5.69. The minimum atomic E-state index is -0.619. The highest BCUT2D eigenvalue weighted by atomic mass is 32.1. The average Bonchev–Trinajstić information content (AvgIpc) is 3.35. The van der Waals surface area contributed by atoms with Gasteiger partial charge in [0.1, 0.15) is 0 Å². The smallest absolute Gasteiger partial charge is 0.338 e. The molecule has 1 unspecified atom stereocenters. The molecular formula is C19H21N3O3S. The molecule has 3 aromatic rings. The van der Waals surface area contributed by atoms with Gasteiger partial charge in [-0.3, -0.25) is 0 Å². The molecule has 0 aliphatic carbocycles. The molecule has 2 heterocycles. The van der Waals surface area contributed by atoms with Crippen molar-refractivity contribution in [3.8, 4) is 10.8 Å². The van der Waals surface area contributed by atoms with Gasteiger partial charge in [-0.15, -0.1) is 21.5 Å². The summed E-state index contributed by atoms with van der Waals surface area (Å²) in [5, 5.41) is 9.93. The molecule has 0 fully saturated rings. The number of aromatic nitrogens is 2. The van der Waals surface area contributed by atoms with Gasteiger partial charge in [-0.2, -0.15) is 0 Å². The lowest BCUT2D eigenvalue weighted by Gasteiger charge is -2.21. The summed E-state index contributed by atoms with van der Waals surface area (Å²) >= 11 is 1.51. The Morgan fingerprint density at radius 2 is 1.92 bits per heavy atom. The maximum absolute atomic E-state index is 12.4. The van der Waals surface area contributed by atoms with Gasteiger partial charge in [0.05, 0.1) is 10.4 Å². The van der Waals surface area contributed by atoms with E-state index in [9.17, 15) is 4.79 Å². The Hall–Kier alpha value is -2.67. The van der Waals surface area contributed by atoms with Gasteiger partial charge in [0.2, 0.25) is 0 Å². The van der Waals surface area contributed by atoms with E-state index in [0.29, 0.717) is 11.5 Å². The molecular weight excluding hydrogens is 350 g/mol. The molecule has 7 heteroatoms. The Bertz CT molecular complexity index is 839. The number of rotatable bonds is 7. The molecule has 0 saturated carbocycles. The summed E-state index contributed by atoms with van der Waals surface area (Å²) in [6.07, 6.45) is -0.619. The number of thiophene rings is 1. The largest absolute Gasteiger partial charge is 0.449 e. The van der Waals surface area contributed by atoms with Crippen molar-refractivity contribution in [2.24, 2.45) is 0 Å². The molecule has 0 saturated heterocycles. The first-order valence-corrected chi connectivity index (χ1v) is 9.43. The first-order chi connectivity index (χ1) is 12.6. The lowest BCUT2D eigenvalue weighted by atomic mass is 10.2.